The molecule has 3 heteroatoms. The SMILES string of the molecule is NCCc1ccc(C(=O)Cc2ccco2)cc1. The summed E-state index contributed by atoms with van der Waals surface area (Å²) in [5.41, 5.74) is 7.33. The van der Waals surface area contributed by atoms with Crippen molar-refractivity contribution in [3.8, 4) is 0 Å². The maximum Gasteiger partial charge on any atom is 0.170 e. The van der Waals surface area contributed by atoms with Crippen molar-refractivity contribution in [1.82, 2.24) is 0 Å². The summed E-state index contributed by atoms with van der Waals surface area (Å²) in [4.78, 5) is 11.9. The molecule has 2 N–H and O–H groups in total. The molecule has 0 unspecified atom stereocenters. The Labute approximate surface area is 100 Å². The topological polar surface area (TPSA) is 56.2 Å². The molecule has 17 heavy (non-hydrogen) atoms. The van der Waals surface area contributed by atoms with Crippen LogP contribution in [0, 0.1) is 0 Å². The average molecular weight is 229 g/mol. The molecule has 0 aliphatic rings. The van der Waals surface area contributed by atoms with Crippen molar-refractivity contribution in [2.24, 2.45) is 5.73 Å². The van der Waals surface area contributed by atoms with E-state index in [1.54, 1.807) is 18.4 Å². The van der Waals surface area contributed by atoms with Crippen LogP contribution in [0.1, 0.15) is 21.7 Å². The number of ketones is 1. The van der Waals surface area contributed by atoms with Crippen LogP contribution in [0.5, 0.6) is 0 Å². The molecule has 0 saturated heterocycles. The predicted octanol–water partition coefficient (Wildman–Crippen LogP) is 2.21. The average Bonchev–Trinajstić information content (AvgIpc) is 2.83. The third kappa shape index (κ3) is 3.04. The van der Waals surface area contributed by atoms with Crippen molar-refractivity contribution in [3.05, 3.63) is 59.5 Å². The van der Waals surface area contributed by atoms with Crippen molar-refractivity contribution >= 4 is 5.78 Å². The van der Waals surface area contributed by atoms with Gasteiger partial charge in [-0.05, 0) is 30.7 Å². The van der Waals surface area contributed by atoms with E-state index in [4.69, 9.17) is 10.2 Å². The third-order valence-corrected chi connectivity index (χ3v) is 2.62. The normalized spacial score (nSPS) is 10.4. The maximum atomic E-state index is 11.9. The number of carbonyl (C=O) groups is 1. The van der Waals surface area contributed by atoms with Crippen LogP contribution < -0.4 is 5.73 Å². The number of hydrogen-bond donors (Lipinski definition) is 1. The van der Waals surface area contributed by atoms with Crippen molar-refractivity contribution in [3.63, 3.8) is 0 Å². The Morgan fingerprint density at radius 1 is 1.18 bits per heavy atom. The zero-order chi connectivity index (χ0) is 12.1. The fourth-order valence-corrected chi connectivity index (χ4v) is 1.70. The second-order valence-corrected chi connectivity index (χ2v) is 3.91. The summed E-state index contributed by atoms with van der Waals surface area (Å²) in [6, 6.07) is 11.2. The second kappa shape index (κ2) is 5.46. The number of nitrogens with two attached hydrogens (primary N) is 1. The standard InChI is InChI=1S/C14H15NO2/c15-8-7-11-3-5-12(6-4-11)14(16)10-13-2-1-9-17-13/h1-6,9H,7-8,10,15H2. The van der Waals surface area contributed by atoms with Gasteiger partial charge < -0.3 is 10.2 Å². The van der Waals surface area contributed by atoms with Crippen LogP contribution >= 0.6 is 0 Å². The highest BCUT2D eigenvalue weighted by Gasteiger charge is 2.08. The molecular formula is C14H15NO2. The molecule has 2 rings (SSSR count). The zero-order valence-electron chi connectivity index (χ0n) is 9.56. The minimum Gasteiger partial charge on any atom is -0.469 e. The molecular weight excluding hydrogens is 214 g/mol. The predicted molar refractivity (Wildman–Crippen MR) is 65.9 cm³/mol. The van der Waals surface area contributed by atoms with E-state index >= 15 is 0 Å². The lowest BCUT2D eigenvalue weighted by molar-refractivity contribution is 0.0987. The van der Waals surface area contributed by atoms with Crippen LogP contribution in [0.25, 0.3) is 0 Å². The van der Waals surface area contributed by atoms with E-state index in [9.17, 15) is 4.79 Å². The summed E-state index contributed by atoms with van der Waals surface area (Å²) in [5.74, 6) is 0.764. The first-order valence-electron chi connectivity index (χ1n) is 5.64. The van der Waals surface area contributed by atoms with Crippen LogP contribution in [0.15, 0.2) is 47.1 Å². The second-order valence-electron chi connectivity index (χ2n) is 3.91. The van der Waals surface area contributed by atoms with Crippen LogP contribution in [-0.2, 0) is 12.8 Å². The third-order valence-electron chi connectivity index (χ3n) is 2.62. The molecule has 0 fully saturated rings. The number of Topliss-reactive ketones (excluding diaryl/α,β-unsaturated/α-hetero) is 1. The largest absolute Gasteiger partial charge is 0.469 e. The van der Waals surface area contributed by atoms with Gasteiger partial charge in [-0.25, -0.2) is 0 Å². The van der Waals surface area contributed by atoms with E-state index in [-0.39, 0.29) is 5.78 Å². The summed E-state index contributed by atoms with van der Waals surface area (Å²) in [7, 11) is 0. The van der Waals surface area contributed by atoms with E-state index in [1.807, 2.05) is 24.3 Å². The zero-order valence-corrected chi connectivity index (χ0v) is 9.56. The smallest absolute Gasteiger partial charge is 0.170 e. The molecule has 1 aromatic carbocycles. The number of benzene rings is 1. The fourth-order valence-electron chi connectivity index (χ4n) is 1.70. The molecule has 1 aromatic heterocycles. The minimum atomic E-state index is 0.0687. The molecule has 88 valence electrons. The van der Waals surface area contributed by atoms with Gasteiger partial charge in [0.1, 0.15) is 5.76 Å². The quantitative estimate of drug-likeness (QED) is 0.800. The summed E-state index contributed by atoms with van der Waals surface area (Å²) in [6.07, 6.45) is 2.73. The summed E-state index contributed by atoms with van der Waals surface area (Å²) >= 11 is 0. The Morgan fingerprint density at radius 2 is 1.94 bits per heavy atom. The van der Waals surface area contributed by atoms with Gasteiger partial charge in [0.15, 0.2) is 5.78 Å². The molecule has 0 bridgehead atoms. The Hall–Kier alpha value is -1.87. The first kappa shape index (κ1) is 11.6. The van der Waals surface area contributed by atoms with Gasteiger partial charge in [-0.3, -0.25) is 4.79 Å². The van der Waals surface area contributed by atoms with Crippen molar-refractivity contribution in [1.29, 1.82) is 0 Å². The molecule has 2 aromatic rings. The van der Waals surface area contributed by atoms with Gasteiger partial charge in [-0.2, -0.15) is 0 Å². The first-order chi connectivity index (χ1) is 8.29. The van der Waals surface area contributed by atoms with Crippen molar-refractivity contribution < 1.29 is 9.21 Å². The van der Waals surface area contributed by atoms with Gasteiger partial charge in [0.05, 0.1) is 12.7 Å². The van der Waals surface area contributed by atoms with Crippen LogP contribution in [-0.4, -0.2) is 12.3 Å². The monoisotopic (exact) mass is 229 g/mol. The van der Waals surface area contributed by atoms with Crippen molar-refractivity contribution in [2.75, 3.05) is 6.54 Å². The van der Waals surface area contributed by atoms with E-state index in [0.29, 0.717) is 24.3 Å². The number of rotatable bonds is 5. The summed E-state index contributed by atoms with van der Waals surface area (Å²) < 4.78 is 5.15. The molecule has 0 aliphatic carbocycles. The Balaban J connectivity index is 2.04. The lowest BCUT2D eigenvalue weighted by atomic mass is 10.0. The molecule has 0 spiro atoms. The number of hydrogen-bond acceptors (Lipinski definition) is 3. The van der Waals surface area contributed by atoms with Crippen LogP contribution in [0.3, 0.4) is 0 Å². The summed E-state index contributed by atoms with van der Waals surface area (Å²) in [5, 5.41) is 0. The Kier molecular flexibility index (Phi) is 3.73. The van der Waals surface area contributed by atoms with E-state index in [0.717, 1.165) is 12.0 Å². The van der Waals surface area contributed by atoms with E-state index in [2.05, 4.69) is 0 Å². The Morgan fingerprint density at radius 3 is 2.53 bits per heavy atom. The van der Waals surface area contributed by atoms with Gasteiger partial charge in [-0.1, -0.05) is 24.3 Å². The molecule has 0 amide bonds. The lowest BCUT2D eigenvalue weighted by Crippen LogP contribution is -2.05. The fraction of sp³-hybridized carbons (Fsp3) is 0.214. The first-order valence-corrected chi connectivity index (χ1v) is 5.64. The Bertz CT molecular complexity index is 471. The van der Waals surface area contributed by atoms with Gasteiger partial charge >= 0.3 is 0 Å². The van der Waals surface area contributed by atoms with Crippen LogP contribution in [0.2, 0.25) is 0 Å². The number of furan rings is 1. The molecule has 0 aliphatic heterocycles. The van der Waals surface area contributed by atoms with Crippen LogP contribution in [0.4, 0.5) is 0 Å². The highest BCUT2D eigenvalue weighted by molar-refractivity contribution is 5.97. The highest BCUT2D eigenvalue weighted by Crippen LogP contribution is 2.10. The lowest BCUT2D eigenvalue weighted by Gasteiger charge is -2.01. The molecule has 0 radical (unpaired) electrons. The highest BCUT2D eigenvalue weighted by atomic mass is 16.3. The molecule has 1 heterocycles. The van der Waals surface area contributed by atoms with Gasteiger partial charge in [0, 0.05) is 5.56 Å². The van der Waals surface area contributed by atoms with E-state index in [1.165, 1.54) is 0 Å². The minimum absolute atomic E-state index is 0.0687. The van der Waals surface area contributed by atoms with Crippen molar-refractivity contribution in [2.45, 2.75) is 12.8 Å². The number of carbonyl (C=O) groups excluding carboxylic acids is 1. The molecule has 0 saturated carbocycles. The maximum absolute atomic E-state index is 11.9. The summed E-state index contributed by atoms with van der Waals surface area (Å²) in [6.45, 7) is 0.625. The van der Waals surface area contributed by atoms with Gasteiger partial charge in [0.2, 0.25) is 0 Å². The van der Waals surface area contributed by atoms with Gasteiger partial charge in [0.25, 0.3) is 0 Å². The molecule has 3 nitrogen and oxygen atoms in total. The molecule has 0 atom stereocenters. The van der Waals surface area contributed by atoms with E-state index < -0.39 is 0 Å². The van der Waals surface area contributed by atoms with Gasteiger partial charge in [-0.15, -0.1) is 0 Å².